The van der Waals surface area contributed by atoms with Crippen molar-refractivity contribution >= 4 is 17.6 Å². The van der Waals surface area contributed by atoms with Gasteiger partial charge in [-0.25, -0.2) is 0 Å². The number of hydrogen-bond donors (Lipinski definition) is 5. The number of ketones is 1. The average Bonchev–Trinajstić information content (AvgIpc) is 2.45. The van der Waals surface area contributed by atoms with Crippen molar-refractivity contribution < 1.29 is 14.7 Å². The maximum Gasteiger partial charge on any atom is 0.318 e. The van der Waals surface area contributed by atoms with Gasteiger partial charge in [0, 0.05) is 18.5 Å². The van der Waals surface area contributed by atoms with E-state index in [1.54, 1.807) is 24.3 Å². The summed E-state index contributed by atoms with van der Waals surface area (Å²) < 4.78 is 0. The number of carboxylic acids is 1. The molecule has 114 valence electrons. The summed E-state index contributed by atoms with van der Waals surface area (Å²) in [4.78, 5) is 23.7. The second-order valence-corrected chi connectivity index (χ2v) is 4.84. The molecule has 0 amide bonds. The predicted molar refractivity (Wildman–Crippen MR) is 79.0 cm³/mol. The normalized spacial score (nSPS) is 13.4. The quantitative estimate of drug-likeness (QED) is 0.246. The number of Topliss-reactive ketones (excluding diaryl/α,β-unsaturated/α-hetero) is 1. The van der Waals surface area contributed by atoms with Gasteiger partial charge in [0.15, 0.2) is 5.78 Å². The van der Waals surface area contributed by atoms with Crippen LogP contribution >= 0.6 is 0 Å². The molecule has 7 heteroatoms. The lowest BCUT2D eigenvalue weighted by molar-refractivity contribution is -0.154. The van der Waals surface area contributed by atoms with Crippen molar-refractivity contribution in [3.63, 3.8) is 0 Å². The molecule has 0 radical (unpaired) electrons. The molecule has 1 unspecified atom stereocenters. The monoisotopic (exact) mass is 292 g/mol. The van der Waals surface area contributed by atoms with Gasteiger partial charge in [-0.1, -0.05) is 24.3 Å². The highest BCUT2D eigenvalue weighted by molar-refractivity contribution is 6.03. The highest BCUT2D eigenvalue weighted by Gasteiger charge is 2.44. The predicted octanol–water partition coefficient (Wildman–Crippen LogP) is -0.539. The van der Waals surface area contributed by atoms with Crippen LogP contribution in [0, 0.1) is 10.8 Å². The maximum atomic E-state index is 12.1. The fraction of sp³-hybridized carbons (Fsp3) is 0.357. The average molecular weight is 292 g/mol. The summed E-state index contributed by atoms with van der Waals surface area (Å²) in [5, 5.41) is 16.7. The topological polar surface area (TPSA) is 156 Å². The third-order valence-corrected chi connectivity index (χ3v) is 3.43. The number of benzene rings is 1. The minimum atomic E-state index is -1.67. The Balaban J connectivity index is 3.09. The summed E-state index contributed by atoms with van der Waals surface area (Å²) >= 11 is 0. The van der Waals surface area contributed by atoms with Gasteiger partial charge >= 0.3 is 5.97 Å². The van der Waals surface area contributed by atoms with E-state index in [-0.39, 0.29) is 31.8 Å². The van der Waals surface area contributed by atoms with Crippen molar-refractivity contribution in [2.24, 2.45) is 22.6 Å². The number of nitrogen functional groups attached to an aromatic ring is 1. The van der Waals surface area contributed by atoms with Gasteiger partial charge in [0.05, 0.1) is 0 Å². The molecule has 7 nitrogen and oxygen atoms in total. The zero-order valence-corrected chi connectivity index (χ0v) is 11.6. The van der Waals surface area contributed by atoms with Crippen molar-refractivity contribution in [2.45, 2.75) is 12.8 Å². The Morgan fingerprint density at radius 2 is 1.76 bits per heavy atom. The molecule has 0 aliphatic rings. The number of nitrogens with one attached hydrogen (secondary N) is 1. The Labute approximate surface area is 122 Å². The van der Waals surface area contributed by atoms with Crippen molar-refractivity contribution in [2.75, 3.05) is 13.1 Å². The van der Waals surface area contributed by atoms with Gasteiger partial charge in [-0.3, -0.25) is 15.0 Å². The van der Waals surface area contributed by atoms with E-state index in [1.165, 1.54) is 0 Å². The first-order chi connectivity index (χ1) is 9.87. The first-order valence-electron chi connectivity index (χ1n) is 6.47. The molecule has 21 heavy (non-hydrogen) atoms. The van der Waals surface area contributed by atoms with E-state index in [0.29, 0.717) is 11.1 Å². The highest BCUT2D eigenvalue weighted by atomic mass is 16.4. The molecule has 0 aromatic heterocycles. The Kier molecular flexibility index (Phi) is 5.57. The van der Waals surface area contributed by atoms with Crippen molar-refractivity contribution in [1.29, 1.82) is 5.41 Å². The summed E-state index contributed by atoms with van der Waals surface area (Å²) in [5.74, 6) is -1.81. The summed E-state index contributed by atoms with van der Waals surface area (Å²) in [5.41, 5.74) is 15.8. The third kappa shape index (κ3) is 3.65. The van der Waals surface area contributed by atoms with Crippen LogP contribution in [0.25, 0.3) is 0 Å². The Bertz CT molecular complexity index is 542. The third-order valence-electron chi connectivity index (χ3n) is 3.43. The molecule has 1 aromatic carbocycles. The molecule has 0 fully saturated rings. The zero-order chi connectivity index (χ0) is 16.0. The fourth-order valence-corrected chi connectivity index (χ4v) is 2.09. The lowest BCUT2D eigenvalue weighted by Crippen LogP contribution is -2.48. The van der Waals surface area contributed by atoms with Crippen LogP contribution < -0.4 is 17.2 Å². The van der Waals surface area contributed by atoms with E-state index in [1.807, 2.05) is 0 Å². The maximum absolute atomic E-state index is 12.1. The van der Waals surface area contributed by atoms with Crippen LogP contribution in [-0.2, 0) is 16.0 Å². The molecule has 0 aliphatic heterocycles. The largest absolute Gasteiger partial charge is 0.480 e. The number of hydrogen-bond acceptors (Lipinski definition) is 5. The first kappa shape index (κ1) is 16.8. The molecule has 0 saturated heterocycles. The number of amidine groups is 1. The van der Waals surface area contributed by atoms with E-state index in [2.05, 4.69) is 0 Å². The van der Waals surface area contributed by atoms with Gasteiger partial charge in [0.25, 0.3) is 0 Å². The van der Waals surface area contributed by atoms with Crippen LogP contribution in [0.4, 0.5) is 0 Å². The molecule has 0 bridgehead atoms. The molecule has 1 rings (SSSR count). The number of carboxylic acid groups (broad SMARTS) is 1. The van der Waals surface area contributed by atoms with Gasteiger partial charge in [0.2, 0.25) is 0 Å². The molecule has 0 saturated carbocycles. The Morgan fingerprint density at radius 1 is 1.19 bits per heavy atom. The minimum Gasteiger partial charge on any atom is -0.480 e. The Hall–Kier alpha value is -2.25. The lowest BCUT2D eigenvalue weighted by atomic mass is 9.76. The van der Waals surface area contributed by atoms with Crippen LogP contribution in [0.5, 0.6) is 0 Å². The molecule has 1 atom stereocenters. The van der Waals surface area contributed by atoms with Crippen LogP contribution in [-0.4, -0.2) is 35.8 Å². The van der Waals surface area contributed by atoms with Crippen LogP contribution in [0.3, 0.4) is 0 Å². The molecule has 0 spiro atoms. The molecular weight excluding hydrogens is 272 g/mol. The van der Waals surface area contributed by atoms with Crippen molar-refractivity contribution in [3.05, 3.63) is 35.4 Å². The van der Waals surface area contributed by atoms with E-state index in [9.17, 15) is 14.7 Å². The van der Waals surface area contributed by atoms with Gasteiger partial charge in [0.1, 0.15) is 11.3 Å². The number of carbonyl (C=O) groups excluding carboxylic acids is 1. The van der Waals surface area contributed by atoms with Crippen molar-refractivity contribution in [1.82, 2.24) is 0 Å². The first-order valence-corrected chi connectivity index (χ1v) is 6.47. The SMILES string of the molecule is N=C(N)c1ccc(CC(CN)(C(=O)O)C(=O)CCN)cc1. The molecule has 0 aliphatic carbocycles. The van der Waals surface area contributed by atoms with Crippen LogP contribution in [0.1, 0.15) is 17.5 Å². The van der Waals surface area contributed by atoms with E-state index < -0.39 is 17.2 Å². The van der Waals surface area contributed by atoms with E-state index >= 15 is 0 Å². The number of nitrogens with two attached hydrogens (primary N) is 3. The van der Waals surface area contributed by atoms with Crippen molar-refractivity contribution in [3.8, 4) is 0 Å². The van der Waals surface area contributed by atoms with Crippen LogP contribution in [0.2, 0.25) is 0 Å². The minimum absolute atomic E-state index is 0.0180. The zero-order valence-electron chi connectivity index (χ0n) is 11.6. The van der Waals surface area contributed by atoms with E-state index in [0.717, 1.165) is 0 Å². The summed E-state index contributed by atoms with van der Waals surface area (Å²) in [6, 6.07) is 6.49. The van der Waals surface area contributed by atoms with Gasteiger partial charge < -0.3 is 22.3 Å². The highest BCUT2D eigenvalue weighted by Crippen LogP contribution is 2.25. The smallest absolute Gasteiger partial charge is 0.318 e. The van der Waals surface area contributed by atoms with E-state index in [4.69, 9.17) is 22.6 Å². The number of aliphatic carboxylic acids is 1. The van der Waals surface area contributed by atoms with Crippen LogP contribution in [0.15, 0.2) is 24.3 Å². The molecule has 8 N–H and O–H groups in total. The number of carbonyl (C=O) groups is 2. The second kappa shape index (κ2) is 6.96. The number of rotatable bonds is 8. The summed E-state index contributed by atoms with van der Waals surface area (Å²) in [7, 11) is 0. The fourth-order valence-electron chi connectivity index (χ4n) is 2.09. The molecular formula is C14H20N4O3. The van der Waals surface area contributed by atoms with Gasteiger partial charge in [-0.05, 0) is 18.5 Å². The molecule has 1 aromatic rings. The summed E-state index contributed by atoms with van der Waals surface area (Å²) in [6.45, 7) is -0.216. The molecule has 0 heterocycles. The lowest BCUT2D eigenvalue weighted by Gasteiger charge is -2.26. The standard InChI is InChI=1S/C14H20N4O3/c15-6-5-11(19)14(8-16,13(20)21)7-9-1-3-10(4-2-9)12(17)18/h1-4H,5-8,15-16H2,(H3,17,18)(H,20,21). The Morgan fingerprint density at radius 3 is 2.14 bits per heavy atom. The summed E-state index contributed by atoms with van der Waals surface area (Å²) in [6.07, 6.45) is -0.0507. The van der Waals surface area contributed by atoms with Gasteiger partial charge in [-0.2, -0.15) is 0 Å². The second-order valence-electron chi connectivity index (χ2n) is 4.84. The van der Waals surface area contributed by atoms with Gasteiger partial charge in [-0.15, -0.1) is 0 Å².